The van der Waals surface area contributed by atoms with Crippen molar-refractivity contribution in [1.82, 2.24) is 4.90 Å². The number of rotatable bonds is 10. The summed E-state index contributed by atoms with van der Waals surface area (Å²) in [5.41, 5.74) is 0. The highest BCUT2D eigenvalue weighted by Crippen LogP contribution is 1.93. The minimum Gasteiger partial charge on any atom is -0.465 e. The highest BCUT2D eigenvalue weighted by Gasteiger charge is 2.11. The molecule has 0 aromatic heterocycles. The van der Waals surface area contributed by atoms with Gasteiger partial charge in [0.25, 0.3) is 10.1 Å². The van der Waals surface area contributed by atoms with Crippen LogP contribution in [0, 0.1) is 0 Å². The summed E-state index contributed by atoms with van der Waals surface area (Å²) in [7, 11) is -4.03. The van der Waals surface area contributed by atoms with Gasteiger partial charge in [-0.3, -0.25) is 14.2 Å². The first-order chi connectivity index (χ1) is 8.39. The van der Waals surface area contributed by atoms with Crippen LogP contribution < -0.4 is 0 Å². The minimum absolute atomic E-state index is 0.0184. The molecule has 108 valence electrons. The summed E-state index contributed by atoms with van der Waals surface area (Å²) in [5, 5.41) is 17.4. The van der Waals surface area contributed by atoms with Crippen molar-refractivity contribution in [1.29, 1.82) is 0 Å². The van der Waals surface area contributed by atoms with Crippen LogP contribution in [0.15, 0.2) is 0 Å². The van der Waals surface area contributed by atoms with E-state index in [4.69, 9.17) is 19.5 Å². The average molecular weight is 285 g/mol. The molecule has 0 bridgehead atoms. The first-order valence-corrected chi connectivity index (χ1v) is 7.05. The van der Waals surface area contributed by atoms with Gasteiger partial charge in [-0.1, -0.05) is 0 Å². The molecular weight excluding hydrogens is 266 g/mol. The number of aliphatic hydroxyl groups is 2. The molecular formula is C9H19NO7S. The lowest BCUT2D eigenvalue weighted by molar-refractivity contribution is -0.145. The second-order valence-corrected chi connectivity index (χ2v) is 5.16. The van der Waals surface area contributed by atoms with Crippen molar-refractivity contribution in [2.45, 2.75) is 6.42 Å². The Kier molecular flexibility index (Phi) is 8.85. The maximum absolute atomic E-state index is 11.3. The van der Waals surface area contributed by atoms with Crippen LogP contribution >= 0.6 is 0 Å². The Morgan fingerprint density at radius 3 is 2.17 bits per heavy atom. The van der Waals surface area contributed by atoms with Crippen molar-refractivity contribution < 1.29 is 32.7 Å². The minimum atomic E-state index is -4.03. The van der Waals surface area contributed by atoms with E-state index in [2.05, 4.69) is 0 Å². The van der Waals surface area contributed by atoms with E-state index in [1.54, 1.807) is 0 Å². The van der Waals surface area contributed by atoms with E-state index < -0.39 is 21.8 Å². The molecule has 8 nitrogen and oxygen atoms in total. The maximum Gasteiger partial charge on any atom is 0.320 e. The van der Waals surface area contributed by atoms with Gasteiger partial charge in [0, 0.05) is 13.1 Å². The molecule has 3 N–H and O–H groups in total. The van der Waals surface area contributed by atoms with Crippen LogP contribution in [0.4, 0.5) is 0 Å². The van der Waals surface area contributed by atoms with Crippen molar-refractivity contribution in [3.8, 4) is 0 Å². The van der Waals surface area contributed by atoms with Crippen molar-refractivity contribution in [2.24, 2.45) is 0 Å². The smallest absolute Gasteiger partial charge is 0.320 e. The quantitative estimate of drug-likeness (QED) is 0.241. The summed E-state index contributed by atoms with van der Waals surface area (Å²) >= 11 is 0. The van der Waals surface area contributed by atoms with Gasteiger partial charge < -0.3 is 14.9 Å². The normalized spacial score (nSPS) is 11.8. The number of carbonyl (C=O) groups is 1. The number of ether oxygens (including phenoxy) is 1. The Hall–Kier alpha value is -0.740. The van der Waals surface area contributed by atoms with E-state index in [1.165, 1.54) is 4.90 Å². The predicted octanol–water partition coefficient (Wildman–Crippen LogP) is -1.91. The van der Waals surface area contributed by atoms with E-state index in [9.17, 15) is 13.2 Å². The van der Waals surface area contributed by atoms with Gasteiger partial charge >= 0.3 is 5.97 Å². The summed E-state index contributed by atoms with van der Waals surface area (Å²) in [6, 6.07) is 0. The molecule has 0 amide bonds. The number of aliphatic hydroxyl groups excluding tert-OH is 2. The third-order valence-corrected chi connectivity index (χ3v) is 2.80. The summed E-state index contributed by atoms with van der Waals surface area (Å²) in [5.74, 6) is -1.04. The highest BCUT2D eigenvalue weighted by atomic mass is 32.2. The van der Waals surface area contributed by atoms with Crippen LogP contribution in [0.1, 0.15) is 6.42 Å². The Morgan fingerprint density at radius 1 is 1.17 bits per heavy atom. The fourth-order valence-corrected chi connectivity index (χ4v) is 1.69. The van der Waals surface area contributed by atoms with E-state index >= 15 is 0 Å². The zero-order valence-electron chi connectivity index (χ0n) is 9.99. The van der Waals surface area contributed by atoms with Crippen molar-refractivity contribution >= 4 is 16.1 Å². The van der Waals surface area contributed by atoms with Gasteiger partial charge in [0.15, 0.2) is 0 Å². The largest absolute Gasteiger partial charge is 0.465 e. The number of hydrogen-bond acceptors (Lipinski definition) is 7. The Bertz CT molecular complexity index is 324. The van der Waals surface area contributed by atoms with Crippen LogP contribution in [0.25, 0.3) is 0 Å². The topological polar surface area (TPSA) is 124 Å². The molecule has 0 radical (unpaired) electrons. The standard InChI is InChI=1S/C9H19NO7S/c11-4-2-10(3-5-12)8-9(13)17-6-1-7-18(14,15)16/h11-12H,1-8H2,(H,14,15,16). The van der Waals surface area contributed by atoms with Gasteiger partial charge in [0.1, 0.15) is 0 Å². The number of hydrogen-bond donors (Lipinski definition) is 3. The maximum atomic E-state index is 11.3. The molecule has 0 rings (SSSR count). The highest BCUT2D eigenvalue weighted by molar-refractivity contribution is 7.85. The van der Waals surface area contributed by atoms with Gasteiger partial charge in [-0.2, -0.15) is 8.42 Å². The van der Waals surface area contributed by atoms with E-state index in [-0.39, 0.29) is 45.9 Å². The van der Waals surface area contributed by atoms with Crippen LogP contribution in [0.2, 0.25) is 0 Å². The summed E-state index contributed by atoms with van der Waals surface area (Å²) in [6.07, 6.45) is 0.0184. The Labute approximate surface area is 106 Å². The monoisotopic (exact) mass is 285 g/mol. The SMILES string of the molecule is O=C(CN(CCO)CCO)OCCCS(=O)(=O)O. The fraction of sp³-hybridized carbons (Fsp3) is 0.889. The van der Waals surface area contributed by atoms with Gasteiger partial charge in [0.2, 0.25) is 0 Å². The van der Waals surface area contributed by atoms with Crippen molar-refractivity contribution in [3.63, 3.8) is 0 Å². The van der Waals surface area contributed by atoms with Gasteiger partial charge in [-0.05, 0) is 6.42 Å². The molecule has 0 atom stereocenters. The lowest BCUT2D eigenvalue weighted by atomic mass is 10.4. The second kappa shape index (κ2) is 9.22. The van der Waals surface area contributed by atoms with Crippen LogP contribution in [-0.4, -0.2) is 79.3 Å². The predicted molar refractivity (Wildman–Crippen MR) is 62.6 cm³/mol. The number of esters is 1. The Balaban J connectivity index is 3.80. The second-order valence-electron chi connectivity index (χ2n) is 3.58. The summed E-state index contributed by atoms with van der Waals surface area (Å²) < 4.78 is 33.9. The third kappa shape index (κ3) is 10.4. The van der Waals surface area contributed by atoms with Crippen LogP contribution in [0.5, 0.6) is 0 Å². The van der Waals surface area contributed by atoms with Crippen LogP contribution in [-0.2, 0) is 19.6 Å². The summed E-state index contributed by atoms with van der Waals surface area (Å²) in [6.45, 7) is -0.00879. The molecule has 0 saturated heterocycles. The van der Waals surface area contributed by atoms with Gasteiger partial charge in [-0.15, -0.1) is 0 Å². The fourth-order valence-electron chi connectivity index (χ4n) is 1.21. The van der Waals surface area contributed by atoms with Gasteiger partial charge in [-0.25, -0.2) is 0 Å². The first-order valence-electron chi connectivity index (χ1n) is 5.44. The van der Waals surface area contributed by atoms with Crippen molar-refractivity contribution in [3.05, 3.63) is 0 Å². The molecule has 0 heterocycles. The van der Waals surface area contributed by atoms with E-state index in [0.29, 0.717) is 0 Å². The molecule has 0 saturated carbocycles. The molecule has 0 aromatic carbocycles. The van der Waals surface area contributed by atoms with Gasteiger partial charge in [0.05, 0.1) is 32.1 Å². The molecule has 0 aliphatic carbocycles. The molecule has 0 spiro atoms. The number of nitrogens with zero attached hydrogens (tertiary/aromatic N) is 1. The lowest BCUT2D eigenvalue weighted by Crippen LogP contribution is -2.35. The molecule has 0 aromatic rings. The first kappa shape index (κ1) is 17.3. The molecule has 0 aliphatic rings. The molecule has 0 fully saturated rings. The van der Waals surface area contributed by atoms with Crippen LogP contribution in [0.3, 0.4) is 0 Å². The average Bonchev–Trinajstić information content (AvgIpc) is 2.24. The molecule has 0 unspecified atom stereocenters. The zero-order chi connectivity index (χ0) is 14.0. The Morgan fingerprint density at radius 2 is 1.72 bits per heavy atom. The molecule has 9 heteroatoms. The van der Waals surface area contributed by atoms with E-state index in [0.717, 1.165) is 0 Å². The zero-order valence-corrected chi connectivity index (χ0v) is 10.8. The molecule has 0 aliphatic heterocycles. The summed E-state index contributed by atoms with van der Waals surface area (Å²) in [4.78, 5) is 12.8. The third-order valence-electron chi connectivity index (χ3n) is 1.99. The van der Waals surface area contributed by atoms with E-state index in [1.807, 2.05) is 0 Å². The number of carbonyl (C=O) groups excluding carboxylic acids is 1. The molecule has 18 heavy (non-hydrogen) atoms. The lowest BCUT2D eigenvalue weighted by Gasteiger charge is -2.18. The van der Waals surface area contributed by atoms with Crippen molar-refractivity contribution in [2.75, 3.05) is 45.2 Å².